The van der Waals surface area contributed by atoms with E-state index in [2.05, 4.69) is 33.9 Å². The summed E-state index contributed by atoms with van der Waals surface area (Å²) in [4.78, 5) is 10.9. The number of benzene rings is 1. The molecule has 0 radical (unpaired) electrons. The summed E-state index contributed by atoms with van der Waals surface area (Å²) in [5, 5.41) is 10.1. The van der Waals surface area contributed by atoms with Gasteiger partial charge in [0.25, 0.3) is 8.32 Å². The van der Waals surface area contributed by atoms with Gasteiger partial charge >= 0.3 is 0 Å². The number of aromatic hydroxyl groups is 1. The second-order valence-electron chi connectivity index (χ2n) is 6.02. The zero-order valence-corrected chi connectivity index (χ0v) is 13.4. The van der Waals surface area contributed by atoms with Crippen LogP contribution in [0.1, 0.15) is 31.1 Å². The predicted molar refractivity (Wildman–Crippen MR) is 77.9 cm³/mol. The third kappa shape index (κ3) is 3.09. The van der Waals surface area contributed by atoms with Gasteiger partial charge in [0.2, 0.25) is 0 Å². The third-order valence-corrected chi connectivity index (χ3v) is 7.96. The number of phenols is 1. The Morgan fingerprint density at radius 3 is 2.26 bits per heavy atom. The first kappa shape index (κ1) is 15.6. The molecule has 0 amide bonds. The highest BCUT2D eigenvalue weighted by Gasteiger charge is 2.40. The van der Waals surface area contributed by atoms with E-state index in [4.69, 9.17) is 9.16 Å². The number of hydrogen-bond acceptors (Lipinski definition) is 4. The minimum atomic E-state index is -2.12. The van der Waals surface area contributed by atoms with Crippen molar-refractivity contribution in [2.45, 2.75) is 38.9 Å². The molecule has 0 aromatic heterocycles. The highest BCUT2D eigenvalue weighted by Crippen LogP contribution is 2.44. The van der Waals surface area contributed by atoms with Crippen molar-refractivity contribution in [3.8, 4) is 17.2 Å². The van der Waals surface area contributed by atoms with Crippen LogP contribution in [0.2, 0.25) is 18.1 Å². The zero-order valence-electron chi connectivity index (χ0n) is 12.4. The molecular formula is C14H22O4Si. The van der Waals surface area contributed by atoms with E-state index in [0.29, 0.717) is 12.0 Å². The quantitative estimate of drug-likeness (QED) is 0.677. The molecule has 0 unspecified atom stereocenters. The molecule has 0 saturated carbocycles. The monoisotopic (exact) mass is 282 g/mol. The van der Waals surface area contributed by atoms with Gasteiger partial charge in [-0.15, -0.1) is 0 Å². The van der Waals surface area contributed by atoms with Crippen LogP contribution in [0.25, 0.3) is 0 Å². The van der Waals surface area contributed by atoms with Gasteiger partial charge in [0.05, 0.1) is 12.7 Å². The Morgan fingerprint density at radius 1 is 1.26 bits per heavy atom. The molecule has 19 heavy (non-hydrogen) atoms. The SMILES string of the molecule is COc1ccc(C=O)c(O)c1O[Si](C)(C)C(C)(C)C. The van der Waals surface area contributed by atoms with Crippen LogP contribution in [0, 0.1) is 0 Å². The van der Waals surface area contributed by atoms with Crippen molar-refractivity contribution in [1.29, 1.82) is 0 Å². The zero-order chi connectivity index (χ0) is 14.8. The van der Waals surface area contributed by atoms with Crippen LogP contribution in [0.4, 0.5) is 0 Å². The summed E-state index contributed by atoms with van der Waals surface area (Å²) in [5.74, 6) is 0.547. The molecule has 106 valence electrons. The lowest BCUT2D eigenvalue weighted by atomic mass is 10.2. The Balaban J connectivity index is 3.30. The molecule has 1 rings (SSSR count). The first-order valence-corrected chi connectivity index (χ1v) is 9.09. The molecule has 0 saturated heterocycles. The van der Waals surface area contributed by atoms with Crippen LogP contribution in [-0.2, 0) is 0 Å². The number of aldehydes is 1. The topological polar surface area (TPSA) is 55.8 Å². The molecule has 0 spiro atoms. The number of hydrogen-bond donors (Lipinski definition) is 1. The lowest BCUT2D eigenvalue weighted by molar-refractivity contribution is 0.112. The average Bonchev–Trinajstić information content (AvgIpc) is 2.30. The molecule has 1 aromatic carbocycles. The summed E-state index contributed by atoms with van der Waals surface area (Å²) in [5.41, 5.74) is 0.203. The maximum absolute atomic E-state index is 10.9. The van der Waals surface area contributed by atoms with Gasteiger partial charge in [-0.05, 0) is 30.3 Å². The van der Waals surface area contributed by atoms with Gasteiger partial charge in [0.1, 0.15) is 0 Å². The molecule has 0 atom stereocenters. The van der Waals surface area contributed by atoms with Gasteiger partial charge in [-0.1, -0.05) is 20.8 Å². The number of phenolic OH excluding ortho intramolecular Hbond substituents is 1. The Hall–Kier alpha value is -1.49. The van der Waals surface area contributed by atoms with Crippen molar-refractivity contribution in [3.63, 3.8) is 0 Å². The van der Waals surface area contributed by atoms with Crippen molar-refractivity contribution in [2.24, 2.45) is 0 Å². The summed E-state index contributed by atoms with van der Waals surface area (Å²) in [7, 11) is -0.609. The van der Waals surface area contributed by atoms with Crippen LogP contribution in [0.15, 0.2) is 12.1 Å². The Labute approximate surface area is 115 Å². The lowest BCUT2D eigenvalue weighted by Crippen LogP contribution is -2.44. The lowest BCUT2D eigenvalue weighted by Gasteiger charge is -2.37. The van der Waals surface area contributed by atoms with Crippen LogP contribution in [0.5, 0.6) is 17.2 Å². The summed E-state index contributed by atoms with van der Waals surface area (Å²) in [6, 6.07) is 3.14. The van der Waals surface area contributed by atoms with E-state index in [0.717, 1.165) is 0 Å². The van der Waals surface area contributed by atoms with E-state index in [1.165, 1.54) is 13.2 Å². The summed E-state index contributed by atoms with van der Waals surface area (Å²) < 4.78 is 11.3. The van der Waals surface area contributed by atoms with E-state index in [9.17, 15) is 9.90 Å². The first-order valence-electron chi connectivity index (χ1n) is 6.18. The van der Waals surface area contributed by atoms with Gasteiger partial charge in [-0.25, -0.2) is 0 Å². The van der Waals surface area contributed by atoms with E-state index in [-0.39, 0.29) is 22.1 Å². The number of carbonyl (C=O) groups is 1. The van der Waals surface area contributed by atoms with E-state index in [1.807, 2.05) is 0 Å². The molecule has 1 N–H and O–H groups in total. The van der Waals surface area contributed by atoms with Crippen molar-refractivity contribution in [1.82, 2.24) is 0 Å². The molecule has 0 aliphatic heterocycles. The summed E-state index contributed by atoms with van der Waals surface area (Å²) in [6.07, 6.45) is 0.604. The maximum Gasteiger partial charge on any atom is 0.250 e. The van der Waals surface area contributed by atoms with Crippen molar-refractivity contribution >= 4 is 14.6 Å². The minimum Gasteiger partial charge on any atom is -0.539 e. The fourth-order valence-electron chi connectivity index (χ4n) is 1.33. The van der Waals surface area contributed by atoms with Gasteiger partial charge in [-0.3, -0.25) is 4.79 Å². The van der Waals surface area contributed by atoms with Crippen LogP contribution in [0.3, 0.4) is 0 Å². The average molecular weight is 282 g/mol. The fraction of sp³-hybridized carbons (Fsp3) is 0.500. The Bertz CT molecular complexity index is 475. The van der Waals surface area contributed by atoms with Crippen LogP contribution in [-0.4, -0.2) is 26.8 Å². The number of ether oxygens (including phenoxy) is 1. The van der Waals surface area contributed by atoms with Gasteiger partial charge in [0.15, 0.2) is 23.5 Å². The smallest absolute Gasteiger partial charge is 0.250 e. The molecule has 0 aliphatic carbocycles. The molecule has 0 heterocycles. The standard InChI is InChI=1S/C14H22O4Si/c1-14(2,3)19(5,6)18-13-11(17-4)8-7-10(9-15)12(13)16/h7-9,16H,1-6H3. The molecule has 5 heteroatoms. The maximum atomic E-state index is 10.9. The number of methoxy groups -OCH3 is 1. The predicted octanol–water partition coefficient (Wildman–Crippen LogP) is 3.60. The number of carbonyl (C=O) groups excluding carboxylic acids is 1. The Kier molecular flexibility index (Phi) is 4.30. The molecule has 0 aliphatic rings. The fourth-order valence-corrected chi connectivity index (χ4v) is 2.34. The molecule has 1 aromatic rings. The highest BCUT2D eigenvalue weighted by atomic mass is 28.4. The molecule has 4 nitrogen and oxygen atoms in total. The van der Waals surface area contributed by atoms with Crippen molar-refractivity contribution in [2.75, 3.05) is 7.11 Å². The molecular weight excluding hydrogens is 260 g/mol. The van der Waals surface area contributed by atoms with Crippen LogP contribution >= 0.6 is 0 Å². The van der Waals surface area contributed by atoms with E-state index < -0.39 is 8.32 Å². The Morgan fingerprint density at radius 2 is 1.84 bits per heavy atom. The van der Waals surface area contributed by atoms with Gasteiger partial charge in [0, 0.05) is 0 Å². The van der Waals surface area contributed by atoms with E-state index in [1.54, 1.807) is 6.07 Å². The molecule has 0 bridgehead atoms. The first-order chi connectivity index (χ1) is 8.64. The van der Waals surface area contributed by atoms with Gasteiger partial charge < -0.3 is 14.3 Å². The summed E-state index contributed by atoms with van der Waals surface area (Å²) in [6.45, 7) is 10.4. The second-order valence-corrected chi connectivity index (χ2v) is 10.7. The third-order valence-electron chi connectivity index (χ3n) is 3.64. The number of rotatable bonds is 4. The van der Waals surface area contributed by atoms with E-state index >= 15 is 0 Å². The normalized spacial score (nSPS) is 12.1. The summed E-state index contributed by atoms with van der Waals surface area (Å²) >= 11 is 0. The minimum absolute atomic E-state index is 0.0123. The van der Waals surface area contributed by atoms with Crippen LogP contribution < -0.4 is 9.16 Å². The van der Waals surface area contributed by atoms with Crippen molar-refractivity contribution in [3.05, 3.63) is 17.7 Å². The van der Waals surface area contributed by atoms with Gasteiger partial charge in [-0.2, -0.15) is 0 Å². The van der Waals surface area contributed by atoms with Crippen molar-refractivity contribution < 1.29 is 19.1 Å². The highest BCUT2D eigenvalue weighted by molar-refractivity contribution is 6.74. The molecule has 0 fully saturated rings. The second kappa shape index (κ2) is 5.25. The largest absolute Gasteiger partial charge is 0.539 e.